The third-order valence-corrected chi connectivity index (χ3v) is 7.12. The Morgan fingerprint density at radius 2 is 1.94 bits per heavy atom. The largest absolute Gasteiger partial charge is 0.436 e. The lowest BCUT2D eigenvalue weighted by Crippen LogP contribution is -2.23. The maximum atomic E-state index is 12.5. The Labute approximate surface area is 189 Å². The highest BCUT2D eigenvalue weighted by Crippen LogP contribution is 2.26. The number of sulfone groups is 1. The Hall–Kier alpha value is -3.98. The van der Waals surface area contributed by atoms with Crippen molar-refractivity contribution >= 4 is 32.5 Å². The van der Waals surface area contributed by atoms with Crippen LogP contribution in [-0.4, -0.2) is 34.4 Å². The lowest BCUT2D eigenvalue weighted by molar-refractivity contribution is 0.0950. The molecule has 8 nitrogen and oxygen atoms in total. The van der Waals surface area contributed by atoms with Gasteiger partial charge in [0.2, 0.25) is 5.89 Å². The average molecular weight is 461 g/mol. The zero-order valence-electron chi connectivity index (χ0n) is 17.7. The van der Waals surface area contributed by atoms with Gasteiger partial charge in [-0.25, -0.2) is 18.4 Å². The minimum absolute atomic E-state index is 0.0228. The summed E-state index contributed by atoms with van der Waals surface area (Å²) >= 11 is 0. The Bertz CT molecular complexity index is 1580. The van der Waals surface area contributed by atoms with E-state index in [2.05, 4.69) is 15.3 Å². The van der Waals surface area contributed by atoms with E-state index >= 15 is 0 Å². The quantitative estimate of drug-likeness (QED) is 0.412. The van der Waals surface area contributed by atoms with E-state index in [9.17, 15) is 13.2 Å². The van der Waals surface area contributed by atoms with Crippen LogP contribution < -0.4 is 5.32 Å². The van der Waals surface area contributed by atoms with Crippen LogP contribution in [0.2, 0.25) is 0 Å². The van der Waals surface area contributed by atoms with E-state index in [0.717, 1.165) is 16.8 Å². The molecule has 33 heavy (non-hydrogen) atoms. The molecular weight excluding hydrogens is 440 g/mol. The van der Waals surface area contributed by atoms with Crippen LogP contribution in [0.25, 0.3) is 28.2 Å². The highest BCUT2D eigenvalue weighted by Gasteiger charge is 2.15. The van der Waals surface area contributed by atoms with E-state index < -0.39 is 9.84 Å². The minimum Gasteiger partial charge on any atom is -0.436 e. The molecule has 0 atom stereocenters. The first-order valence-electron chi connectivity index (χ1n) is 10.4. The third kappa shape index (κ3) is 4.10. The van der Waals surface area contributed by atoms with Crippen LogP contribution in [0, 0.1) is 0 Å². The number of carbonyl (C=O) groups excluding carboxylic acids is 1. The van der Waals surface area contributed by atoms with Crippen molar-refractivity contribution in [3.63, 3.8) is 0 Å². The fourth-order valence-corrected chi connectivity index (χ4v) is 4.37. The van der Waals surface area contributed by atoms with E-state index in [1.807, 2.05) is 42.6 Å². The van der Waals surface area contributed by atoms with Gasteiger partial charge in [-0.3, -0.25) is 4.79 Å². The molecule has 5 rings (SSSR count). The van der Waals surface area contributed by atoms with Crippen molar-refractivity contribution in [1.82, 2.24) is 19.7 Å². The summed E-state index contributed by atoms with van der Waals surface area (Å²) in [6, 6.07) is 15.9. The van der Waals surface area contributed by atoms with Crippen LogP contribution in [-0.2, 0) is 16.4 Å². The van der Waals surface area contributed by atoms with Gasteiger partial charge in [0.05, 0.1) is 16.2 Å². The predicted molar refractivity (Wildman–Crippen MR) is 124 cm³/mol. The summed E-state index contributed by atoms with van der Waals surface area (Å²) in [4.78, 5) is 21.4. The monoisotopic (exact) mass is 460 g/mol. The van der Waals surface area contributed by atoms with Crippen LogP contribution in [0.5, 0.6) is 0 Å². The van der Waals surface area contributed by atoms with Gasteiger partial charge >= 0.3 is 0 Å². The number of hydrogen-bond acceptors (Lipinski definition) is 6. The first kappa shape index (κ1) is 20.9. The summed E-state index contributed by atoms with van der Waals surface area (Å²) in [5.74, 6) is 0.214. The van der Waals surface area contributed by atoms with Gasteiger partial charge in [-0.2, -0.15) is 0 Å². The van der Waals surface area contributed by atoms with Gasteiger partial charge in [0, 0.05) is 36.8 Å². The Morgan fingerprint density at radius 1 is 1.12 bits per heavy atom. The molecule has 3 heterocycles. The molecule has 3 aromatic heterocycles. The smallest absolute Gasteiger partial charge is 0.254 e. The van der Waals surface area contributed by atoms with Gasteiger partial charge in [0.15, 0.2) is 15.4 Å². The maximum absolute atomic E-state index is 12.5. The van der Waals surface area contributed by atoms with Crippen molar-refractivity contribution in [2.75, 3.05) is 5.75 Å². The molecule has 0 aliphatic rings. The number of oxazole rings is 1. The highest BCUT2D eigenvalue weighted by atomic mass is 32.2. The molecule has 2 aromatic carbocycles. The van der Waals surface area contributed by atoms with Crippen molar-refractivity contribution in [3.05, 3.63) is 84.3 Å². The van der Waals surface area contributed by atoms with Crippen LogP contribution in [0.3, 0.4) is 0 Å². The van der Waals surface area contributed by atoms with E-state index in [-0.39, 0.29) is 16.6 Å². The summed E-state index contributed by atoms with van der Waals surface area (Å²) in [5.41, 5.74) is 3.93. The van der Waals surface area contributed by atoms with Gasteiger partial charge in [-0.05, 0) is 42.0 Å². The molecule has 9 heteroatoms. The fraction of sp³-hybridized carbons (Fsp3) is 0.125. The van der Waals surface area contributed by atoms with Crippen LogP contribution in [0.15, 0.2) is 82.5 Å². The Morgan fingerprint density at radius 3 is 2.73 bits per heavy atom. The average Bonchev–Trinajstić information content (AvgIpc) is 3.48. The second kappa shape index (κ2) is 8.18. The van der Waals surface area contributed by atoms with E-state index in [0.29, 0.717) is 29.1 Å². The molecule has 1 amide bonds. The zero-order chi connectivity index (χ0) is 23.0. The summed E-state index contributed by atoms with van der Waals surface area (Å²) in [6.45, 7) is 1.96. The number of nitrogens with zero attached hydrogens (tertiary/aromatic N) is 3. The molecular formula is C24H20N4O4S. The molecule has 0 fully saturated rings. The van der Waals surface area contributed by atoms with E-state index in [1.165, 1.54) is 6.07 Å². The van der Waals surface area contributed by atoms with Crippen LogP contribution in [0.4, 0.5) is 0 Å². The summed E-state index contributed by atoms with van der Waals surface area (Å²) < 4.78 is 31.8. The predicted octanol–water partition coefficient (Wildman–Crippen LogP) is 3.87. The fourth-order valence-electron chi connectivity index (χ4n) is 3.48. The van der Waals surface area contributed by atoms with Gasteiger partial charge < -0.3 is 14.1 Å². The highest BCUT2D eigenvalue weighted by molar-refractivity contribution is 7.91. The van der Waals surface area contributed by atoms with Crippen molar-refractivity contribution in [1.29, 1.82) is 0 Å². The lowest BCUT2D eigenvalue weighted by atomic mass is 10.1. The molecule has 0 saturated heterocycles. The normalized spacial score (nSPS) is 11.8. The number of benzene rings is 2. The number of aromatic nitrogens is 3. The number of amides is 1. The third-order valence-electron chi connectivity index (χ3n) is 5.39. The second-order valence-electron chi connectivity index (χ2n) is 7.55. The standard InChI is InChI=1S/C24H20N4O4S/c1-2-33(30,31)19-9-10-20-21(12-19)32-24(27-20)17-7-5-16(6-8-17)13-26-23(29)18-14-25-22-4-3-11-28(22)15-18/h3-12,14-15H,2,13H2,1H3,(H,26,29). The first-order chi connectivity index (χ1) is 15.9. The molecule has 0 saturated carbocycles. The van der Waals surface area contributed by atoms with Crippen LogP contribution in [0.1, 0.15) is 22.8 Å². The number of hydrogen-bond donors (Lipinski definition) is 1. The van der Waals surface area contributed by atoms with Crippen LogP contribution >= 0.6 is 0 Å². The van der Waals surface area contributed by atoms with E-state index in [4.69, 9.17) is 4.42 Å². The first-order valence-corrected chi connectivity index (χ1v) is 12.0. The van der Waals surface area contributed by atoms with Crippen molar-refractivity contribution in [2.24, 2.45) is 0 Å². The maximum Gasteiger partial charge on any atom is 0.254 e. The lowest BCUT2D eigenvalue weighted by Gasteiger charge is -2.06. The van der Waals surface area contributed by atoms with Gasteiger partial charge in [-0.1, -0.05) is 19.1 Å². The summed E-state index contributed by atoms with van der Waals surface area (Å²) in [5, 5.41) is 2.89. The topological polar surface area (TPSA) is 107 Å². The van der Waals surface area contributed by atoms with Crippen molar-refractivity contribution in [2.45, 2.75) is 18.4 Å². The van der Waals surface area contributed by atoms with Crippen molar-refractivity contribution in [3.8, 4) is 11.5 Å². The Balaban J connectivity index is 1.29. The SMILES string of the molecule is CCS(=O)(=O)c1ccc2nc(-c3ccc(CNC(=O)c4cnc5cccn5c4)cc3)oc2c1. The minimum atomic E-state index is -3.32. The van der Waals surface area contributed by atoms with Gasteiger partial charge in [0.25, 0.3) is 5.91 Å². The number of rotatable bonds is 6. The molecule has 0 aliphatic carbocycles. The molecule has 0 radical (unpaired) electrons. The molecule has 0 aliphatic heterocycles. The number of nitrogens with one attached hydrogen (secondary N) is 1. The number of carbonyl (C=O) groups is 1. The molecule has 5 aromatic rings. The molecule has 0 unspecified atom stereocenters. The van der Waals surface area contributed by atoms with Gasteiger partial charge in [0.1, 0.15) is 11.2 Å². The zero-order valence-corrected chi connectivity index (χ0v) is 18.5. The van der Waals surface area contributed by atoms with Gasteiger partial charge in [-0.15, -0.1) is 0 Å². The Kier molecular flexibility index (Phi) is 5.18. The van der Waals surface area contributed by atoms with E-state index in [1.54, 1.807) is 35.9 Å². The number of fused-ring (bicyclic) bond motifs is 2. The summed E-state index contributed by atoms with van der Waals surface area (Å²) in [6.07, 6.45) is 5.14. The summed E-state index contributed by atoms with van der Waals surface area (Å²) in [7, 11) is -3.32. The molecule has 166 valence electrons. The molecule has 0 spiro atoms. The molecule has 1 N–H and O–H groups in total. The second-order valence-corrected chi connectivity index (χ2v) is 9.83. The van der Waals surface area contributed by atoms with Crippen molar-refractivity contribution < 1.29 is 17.6 Å². The molecule has 0 bridgehead atoms.